The first-order valence-corrected chi connectivity index (χ1v) is 6.73. The predicted octanol–water partition coefficient (Wildman–Crippen LogP) is 1.71. The van der Waals surface area contributed by atoms with Crippen LogP contribution in [0.15, 0.2) is 0 Å². The Balaban J connectivity index is 4.05. The molecule has 0 fully saturated rings. The van der Waals surface area contributed by atoms with E-state index in [0.717, 1.165) is 25.7 Å². The molecule has 7 nitrogen and oxygen atoms in total. The van der Waals surface area contributed by atoms with E-state index in [9.17, 15) is 14.4 Å². The number of esters is 1. The molecule has 0 aromatic carbocycles. The summed E-state index contributed by atoms with van der Waals surface area (Å²) in [5.41, 5.74) is 0. The second-order valence-corrected chi connectivity index (χ2v) is 4.42. The molecule has 0 bridgehead atoms. The van der Waals surface area contributed by atoms with Crippen molar-refractivity contribution in [2.75, 3.05) is 6.54 Å². The van der Waals surface area contributed by atoms with Crippen LogP contribution >= 0.6 is 0 Å². The average molecular weight is 289 g/mol. The molecule has 1 N–H and O–H groups in total. The Labute approximate surface area is 118 Å². The highest BCUT2D eigenvalue weighted by Crippen LogP contribution is 2.06. The van der Waals surface area contributed by atoms with Gasteiger partial charge in [-0.05, 0) is 6.42 Å². The number of unbranched alkanes of at least 4 members (excludes halogenated alkanes) is 3. The number of hydrogen-bond acceptors (Lipinski definition) is 5. The van der Waals surface area contributed by atoms with E-state index in [0.29, 0.717) is 5.06 Å². The highest BCUT2D eigenvalue weighted by molar-refractivity contribution is 5.78. The Bertz CT molecular complexity index is 331. The molecule has 0 radical (unpaired) electrons. The van der Waals surface area contributed by atoms with E-state index in [-0.39, 0.29) is 6.42 Å². The number of hydrogen-bond donors (Lipinski definition) is 1. The zero-order valence-electron chi connectivity index (χ0n) is 12.3. The van der Waals surface area contributed by atoms with Gasteiger partial charge in [0.2, 0.25) is 12.2 Å². The molecule has 1 amide bonds. The molecule has 0 spiro atoms. The van der Waals surface area contributed by atoms with E-state index in [4.69, 9.17) is 14.7 Å². The largest absolute Gasteiger partial charge is 0.480 e. The summed E-state index contributed by atoms with van der Waals surface area (Å²) in [5, 5.41) is 9.26. The van der Waals surface area contributed by atoms with Crippen LogP contribution in [0.3, 0.4) is 0 Å². The van der Waals surface area contributed by atoms with Crippen LogP contribution in [0.25, 0.3) is 0 Å². The third kappa shape index (κ3) is 9.32. The zero-order chi connectivity index (χ0) is 15.5. The van der Waals surface area contributed by atoms with Crippen LogP contribution in [0.2, 0.25) is 0 Å². The summed E-state index contributed by atoms with van der Waals surface area (Å²) in [4.78, 5) is 38.1. The quantitative estimate of drug-likeness (QED) is 0.285. The lowest BCUT2D eigenvalue weighted by molar-refractivity contribution is -0.257. The first kappa shape index (κ1) is 18.4. The predicted molar refractivity (Wildman–Crippen MR) is 70.4 cm³/mol. The minimum absolute atomic E-state index is 0.284. The molecule has 0 aromatic rings. The summed E-state index contributed by atoms with van der Waals surface area (Å²) < 4.78 is 4.94. The number of carboxylic acid groups (broad SMARTS) is 1. The Morgan fingerprint density at radius 1 is 1.20 bits per heavy atom. The summed E-state index contributed by atoms with van der Waals surface area (Å²) in [5.74, 6) is -2.20. The Kier molecular flexibility index (Phi) is 9.36. The van der Waals surface area contributed by atoms with Crippen LogP contribution in [0, 0.1) is 0 Å². The van der Waals surface area contributed by atoms with Gasteiger partial charge in [-0.3, -0.25) is 14.4 Å². The van der Waals surface area contributed by atoms with Crippen LogP contribution in [-0.2, 0) is 24.0 Å². The number of carbonyl (C=O) groups is 3. The van der Waals surface area contributed by atoms with Crippen LogP contribution in [-0.4, -0.2) is 40.9 Å². The number of carbonyl (C=O) groups excluding carboxylic acids is 2. The van der Waals surface area contributed by atoms with E-state index < -0.39 is 30.7 Å². The second-order valence-electron chi connectivity index (χ2n) is 4.42. The summed E-state index contributed by atoms with van der Waals surface area (Å²) in [7, 11) is 0. The SMILES string of the molecule is CCCCCCC(=O)OC(C)ON(CC(=O)O)C(C)=O. The maximum Gasteiger partial charge on any atom is 0.325 e. The minimum Gasteiger partial charge on any atom is -0.480 e. The smallest absolute Gasteiger partial charge is 0.325 e. The Morgan fingerprint density at radius 2 is 1.85 bits per heavy atom. The molecule has 0 aromatic heterocycles. The number of nitrogens with zero attached hydrogens (tertiary/aromatic N) is 1. The number of rotatable bonds is 10. The maximum atomic E-state index is 11.5. The molecule has 0 heterocycles. The summed E-state index contributed by atoms with van der Waals surface area (Å²) in [6, 6.07) is 0. The maximum absolute atomic E-state index is 11.5. The van der Waals surface area contributed by atoms with Gasteiger partial charge in [0.15, 0.2) is 0 Å². The molecule has 0 rings (SSSR count). The van der Waals surface area contributed by atoms with Gasteiger partial charge in [-0.2, -0.15) is 0 Å². The number of amides is 1. The van der Waals surface area contributed by atoms with Crippen LogP contribution in [0.5, 0.6) is 0 Å². The normalized spacial score (nSPS) is 11.8. The number of hydroxylamine groups is 2. The van der Waals surface area contributed by atoms with E-state index in [1.807, 2.05) is 0 Å². The van der Waals surface area contributed by atoms with Gasteiger partial charge in [-0.15, -0.1) is 0 Å². The van der Waals surface area contributed by atoms with Gasteiger partial charge in [0.1, 0.15) is 6.54 Å². The fraction of sp³-hybridized carbons (Fsp3) is 0.769. The van der Waals surface area contributed by atoms with E-state index in [1.165, 1.54) is 13.8 Å². The monoisotopic (exact) mass is 289 g/mol. The lowest BCUT2D eigenvalue weighted by atomic mass is 10.2. The van der Waals surface area contributed by atoms with Gasteiger partial charge in [-0.1, -0.05) is 26.2 Å². The first-order chi connectivity index (χ1) is 9.36. The van der Waals surface area contributed by atoms with E-state index in [2.05, 4.69) is 6.92 Å². The van der Waals surface area contributed by atoms with Gasteiger partial charge < -0.3 is 9.84 Å². The van der Waals surface area contributed by atoms with E-state index >= 15 is 0 Å². The first-order valence-electron chi connectivity index (χ1n) is 6.73. The molecular weight excluding hydrogens is 266 g/mol. The Hall–Kier alpha value is -1.63. The van der Waals surface area contributed by atoms with Gasteiger partial charge >= 0.3 is 11.9 Å². The lowest BCUT2D eigenvalue weighted by Crippen LogP contribution is -2.38. The van der Waals surface area contributed by atoms with Crippen molar-refractivity contribution in [2.45, 2.75) is 59.2 Å². The average Bonchev–Trinajstić information content (AvgIpc) is 2.33. The lowest BCUT2D eigenvalue weighted by Gasteiger charge is -2.22. The fourth-order valence-corrected chi connectivity index (χ4v) is 1.49. The van der Waals surface area contributed by atoms with Crippen molar-refractivity contribution in [1.82, 2.24) is 5.06 Å². The van der Waals surface area contributed by atoms with Crippen molar-refractivity contribution < 1.29 is 29.1 Å². The van der Waals surface area contributed by atoms with Crippen molar-refractivity contribution in [2.24, 2.45) is 0 Å². The highest BCUT2D eigenvalue weighted by atomic mass is 16.8. The van der Waals surface area contributed by atoms with Crippen LogP contribution in [0.4, 0.5) is 0 Å². The molecule has 20 heavy (non-hydrogen) atoms. The summed E-state index contributed by atoms with van der Waals surface area (Å²) >= 11 is 0. The number of aliphatic carboxylic acids is 1. The molecule has 0 aliphatic rings. The highest BCUT2D eigenvalue weighted by Gasteiger charge is 2.19. The Morgan fingerprint density at radius 3 is 2.35 bits per heavy atom. The second kappa shape index (κ2) is 10.2. The summed E-state index contributed by atoms with van der Waals surface area (Å²) in [6.45, 7) is 4.07. The molecule has 0 aliphatic carbocycles. The number of ether oxygens (including phenoxy) is 1. The molecule has 1 atom stereocenters. The minimum atomic E-state index is -1.21. The van der Waals surface area contributed by atoms with Gasteiger partial charge in [0.05, 0.1) is 0 Å². The van der Waals surface area contributed by atoms with Crippen molar-refractivity contribution in [3.8, 4) is 0 Å². The van der Waals surface area contributed by atoms with Crippen molar-refractivity contribution in [3.05, 3.63) is 0 Å². The van der Waals surface area contributed by atoms with Crippen molar-refractivity contribution in [1.29, 1.82) is 0 Å². The summed E-state index contributed by atoms with van der Waals surface area (Å²) in [6.07, 6.45) is 3.13. The standard InChI is InChI=1S/C13H23NO6/c1-4-5-6-7-8-13(18)19-11(3)20-14(10(2)15)9-12(16)17/h11H,4-9H2,1-3H3,(H,16,17). The third-order valence-electron chi connectivity index (χ3n) is 2.44. The number of carboxylic acids is 1. The van der Waals surface area contributed by atoms with E-state index in [1.54, 1.807) is 0 Å². The van der Waals surface area contributed by atoms with Gasteiger partial charge in [-0.25, -0.2) is 9.90 Å². The zero-order valence-corrected chi connectivity index (χ0v) is 12.3. The molecule has 116 valence electrons. The molecular formula is C13H23NO6. The topological polar surface area (TPSA) is 93.1 Å². The molecule has 0 saturated heterocycles. The molecule has 0 aliphatic heterocycles. The van der Waals surface area contributed by atoms with Crippen LogP contribution in [0.1, 0.15) is 52.9 Å². The van der Waals surface area contributed by atoms with Crippen molar-refractivity contribution in [3.63, 3.8) is 0 Å². The van der Waals surface area contributed by atoms with Gasteiger partial charge in [0.25, 0.3) is 0 Å². The van der Waals surface area contributed by atoms with Crippen LogP contribution < -0.4 is 0 Å². The van der Waals surface area contributed by atoms with Crippen molar-refractivity contribution >= 4 is 17.8 Å². The molecule has 0 saturated carbocycles. The molecule has 7 heteroatoms. The third-order valence-corrected chi connectivity index (χ3v) is 2.44. The molecule has 1 unspecified atom stereocenters. The fourth-order valence-electron chi connectivity index (χ4n) is 1.49. The van der Waals surface area contributed by atoms with Gasteiger partial charge in [0, 0.05) is 20.3 Å².